The summed E-state index contributed by atoms with van der Waals surface area (Å²) in [4.78, 5) is 27.0. The Hall–Kier alpha value is -4.01. The third-order valence-corrected chi connectivity index (χ3v) is 8.04. The molecule has 0 N–H and O–H groups in total. The predicted octanol–water partition coefficient (Wildman–Crippen LogP) is 7.97. The Morgan fingerprint density at radius 2 is 1.04 bits per heavy atom. The van der Waals surface area contributed by atoms with Gasteiger partial charge in [0.15, 0.2) is 10.1 Å². The smallest absolute Gasteiger partial charge is 0.872 e. The Labute approximate surface area is 340 Å². The van der Waals surface area contributed by atoms with Gasteiger partial charge in [-0.05, 0) is 119 Å². The van der Waals surface area contributed by atoms with Gasteiger partial charge in [0.2, 0.25) is 0 Å². The van der Waals surface area contributed by atoms with Crippen LogP contribution in [0.1, 0.15) is 25.0 Å². The van der Waals surface area contributed by atoms with Gasteiger partial charge in [0.05, 0.1) is 22.4 Å². The van der Waals surface area contributed by atoms with Crippen LogP contribution >= 0.6 is 45.2 Å². The van der Waals surface area contributed by atoms with E-state index >= 15 is 0 Å². The summed E-state index contributed by atoms with van der Waals surface area (Å²) in [6, 6.07) is 29.8. The Morgan fingerprint density at radius 1 is 0.698 bits per heavy atom. The van der Waals surface area contributed by atoms with E-state index in [0.717, 1.165) is 40.3 Å². The first-order valence-corrected chi connectivity index (χ1v) is 18.2. The maximum atomic E-state index is 11.7. The van der Waals surface area contributed by atoms with Gasteiger partial charge >= 0.3 is 22.6 Å². The van der Waals surface area contributed by atoms with Gasteiger partial charge in [-0.25, -0.2) is 8.42 Å². The van der Waals surface area contributed by atoms with Gasteiger partial charge in [0.1, 0.15) is 5.78 Å². The molecule has 4 aromatic carbocycles. The molecule has 0 aliphatic rings. The average molecular weight is 1010 g/mol. The number of hydrogen-bond acceptors (Lipinski definition) is 10. The van der Waals surface area contributed by atoms with Crippen LogP contribution in [-0.4, -0.2) is 46.7 Å². The average Bonchev–Trinajstić information content (AvgIpc) is 3.08. The van der Waals surface area contributed by atoms with E-state index in [4.69, 9.17) is 13.0 Å². The van der Waals surface area contributed by atoms with E-state index in [0.29, 0.717) is 11.1 Å². The number of halogens is 5. The van der Waals surface area contributed by atoms with Gasteiger partial charge in [-0.1, -0.05) is 60.0 Å². The van der Waals surface area contributed by atoms with Crippen molar-refractivity contribution in [2.24, 2.45) is 9.98 Å². The van der Waals surface area contributed by atoms with Gasteiger partial charge in [0, 0.05) is 42.7 Å². The molecule has 0 fully saturated rings. The zero-order valence-electron chi connectivity index (χ0n) is 27.4. The minimum absolute atomic E-state index is 0. The van der Waals surface area contributed by atoms with Crippen molar-refractivity contribution in [2.45, 2.75) is 19.4 Å². The predicted molar refractivity (Wildman–Crippen MR) is 207 cm³/mol. The number of Topliss-reactive ketones (excluding diaryl/α,β-unsaturated/α-hetero) is 1. The summed E-state index contributed by atoms with van der Waals surface area (Å²) in [5.41, 5.74) is -1.27. The molecule has 0 saturated carbocycles. The molecular weight excluding hydrogens is 983 g/mol. The molecule has 10 nitrogen and oxygen atoms in total. The number of aromatic nitrogens is 2. The van der Waals surface area contributed by atoms with Crippen LogP contribution in [0.3, 0.4) is 0 Å². The molecule has 275 valence electrons. The van der Waals surface area contributed by atoms with Gasteiger partial charge in [-0.2, -0.15) is 13.2 Å². The van der Waals surface area contributed by atoms with E-state index in [2.05, 4.69) is 65.1 Å². The summed E-state index contributed by atoms with van der Waals surface area (Å²) < 4.78 is 60.9. The number of para-hydroxylation sites is 2. The van der Waals surface area contributed by atoms with E-state index < -0.39 is 15.6 Å². The van der Waals surface area contributed by atoms with Crippen molar-refractivity contribution in [3.05, 3.63) is 128 Å². The van der Waals surface area contributed by atoms with Gasteiger partial charge in [-0.15, -0.1) is 0 Å². The number of hydrogen-bond donors (Lipinski definition) is 0. The molecule has 0 aliphatic heterocycles. The fourth-order valence-electron chi connectivity index (χ4n) is 3.90. The molecule has 0 spiro atoms. The third-order valence-electron chi connectivity index (χ3n) is 6.14. The maximum absolute atomic E-state index is 11.7. The van der Waals surface area contributed by atoms with Crippen LogP contribution in [0.5, 0.6) is 11.5 Å². The summed E-state index contributed by atoms with van der Waals surface area (Å²) >= 11 is 4.36. The SMILES string of the molecule is CC(C)=O.O=S(=O)([O-])C(F)(F)F.[Fe+3].[O-]c1ccc(I)cc1C=Nc1cccc2cccnc12.[O-]c1ccc(I)cc1C=Nc1cccc2cccnc12. The second-order valence-corrected chi connectivity index (χ2v) is 14.3. The van der Waals surface area contributed by atoms with E-state index in [-0.39, 0.29) is 34.4 Å². The zero-order valence-corrected chi connectivity index (χ0v) is 33.7. The summed E-state index contributed by atoms with van der Waals surface area (Å²) in [6.07, 6.45) is 6.69. The van der Waals surface area contributed by atoms with Gasteiger partial charge < -0.3 is 19.6 Å². The molecule has 53 heavy (non-hydrogen) atoms. The minimum Gasteiger partial charge on any atom is -0.872 e. The quantitative estimate of drug-likeness (QED) is 0.0563. The van der Waals surface area contributed by atoms with Crippen LogP contribution in [0.2, 0.25) is 0 Å². The number of fused-ring (bicyclic) bond motifs is 2. The topological polar surface area (TPSA) is 171 Å². The summed E-state index contributed by atoms with van der Waals surface area (Å²) in [5, 5.41) is 25.6. The number of aliphatic imine (C=N–C) groups is 2. The van der Waals surface area contributed by atoms with Crippen molar-refractivity contribution in [2.75, 3.05) is 0 Å². The molecule has 0 amide bonds. The van der Waals surface area contributed by atoms with Crippen LogP contribution < -0.4 is 10.2 Å². The Morgan fingerprint density at radius 3 is 1.38 bits per heavy atom. The summed E-state index contributed by atoms with van der Waals surface area (Å²) in [6.45, 7) is 3.06. The van der Waals surface area contributed by atoms with Crippen LogP contribution in [0.25, 0.3) is 21.8 Å². The minimum atomic E-state index is -6.09. The number of carbonyl (C=O) groups is 1. The Balaban J connectivity index is 0.000000279. The monoisotopic (exact) mass is 1010 g/mol. The number of benzene rings is 4. The summed E-state index contributed by atoms with van der Waals surface area (Å²) in [5.74, 6) is 0.115. The molecule has 17 heteroatoms. The van der Waals surface area contributed by atoms with Crippen molar-refractivity contribution in [3.8, 4) is 11.5 Å². The van der Waals surface area contributed by atoms with E-state index in [1.807, 2.05) is 72.8 Å². The molecule has 0 atom stereocenters. The molecule has 1 radical (unpaired) electrons. The van der Waals surface area contributed by atoms with Crippen LogP contribution in [0.15, 0.2) is 119 Å². The Bertz CT molecular complexity index is 2200. The van der Waals surface area contributed by atoms with E-state index in [1.165, 1.54) is 13.8 Å². The largest absolute Gasteiger partial charge is 3.00 e. The molecule has 2 aromatic heterocycles. The fraction of sp³-hybridized carbons (Fsp3) is 0.0833. The molecule has 0 bridgehead atoms. The second-order valence-electron chi connectivity index (χ2n) is 10.4. The molecular formula is C36H26F3FeI2N4O6S. The van der Waals surface area contributed by atoms with Crippen molar-refractivity contribution in [3.63, 3.8) is 0 Å². The first-order valence-electron chi connectivity index (χ1n) is 14.6. The number of rotatable bonds is 4. The standard InChI is InChI=1S/2C16H11IN2O.C3H6O.CHF3O3S.Fe/c2*17-13-6-7-15(20)12(9-13)10-19-14-5-1-3-11-4-2-8-18-16(11)14;1-3(2)4;2-1(3,4)8(5,6)7;/h2*1-10,20H;1-2H3;(H,5,6,7);/q;;;;+3/p-3. The van der Waals surface area contributed by atoms with Crippen molar-refractivity contribution >= 4 is 107 Å². The number of ketones is 1. The van der Waals surface area contributed by atoms with E-state index in [9.17, 15) is 28.2 Å². The fourth-order valence-corrected chi connectivity index (χ4v) is 4.93. The maximum Gasteiger partial charge on any atom is 3.00 e. The van der Waals surface area contributed by atoms with Crippen LogP contribution in [-0.2, 0) is 32.0 Å². The van der Waals surface area contributed by atoms with Crippen LogP contribution in [0, 0.1) is 7.14 Å². The Kier molecular flexibility index (Phi) is 17.9. The van der Waals surface area contributed by atoms with Crippen LogP contribution in [0.4, 0.5) is 24.5 Å². The molecule has 6 aromatic rings. The van der Waals surface area contributed by atoms with Crippen molar-refractivity contribution in [1.29, 1.82) is 0 Å². The number of nitrogens with zero attached hydrogens (tertiary/aromatic N) is 4. The van der Waals surface area contributed by atoms with Gasteiger partial charge in [0.25, 0.3) is 0 Å². The normalized spacial score (nSPS) is 11.1. The first kappa shape index (κ1) is 45.1. The summed E-state index contributed by atoms with van der Waals surface area (Å²) in [7, 11) is -6.09. The third kappa shape index (κ3) is 14.7. The van der Waals surface area contributed by atoms with Gasteiger partial charge in [-0.3, -0.25) is 20.0 Å². The molecule has 0 aliphatic carbocycles. The zero-order chi connectivity index (χ0) is 38.5. The molecule has 0 saturated heterocycles. The van der Waals surface area contributed by atoms with Crippen molar-refractivity contribution < 1.29 is 58.2 Å². The second kappa shape index (κ2) is 21.0. The molecule has 0 unspecified atom stereocenters. The molecule has 2 heterocycles. The number of alkyl halides is 3. The van der Waals surface area contributed by atoms with Crippen molar-refractivity contribution in [1.82, 2.24) is 9.97 Å². The van der Waals surface area contributed by atoms with E-state index in [1.54, 1.807) is 49.1 Å². The molecule has 6 rings (SSSR count). The number of pyridine rings is 2. The number of carbonyl (C=O) groups excluding carboxylic acids is 1. The first-order chi connectivity index (χ1) is 24.5.